The van der Waals surface area contributed by atoms with E-state index in [0.717, 1.165) is 18.2 Å². The number of allylic oxidation sites excluding steroid dienone is 6. The molecule has 0 radical (unpaired) electrons. The van der Waals surface area contributed by atoms with Gasteiger partial charge in [-0.25, -0.2) is 0 Å². The molecule has 240 valence electrons. The summed E-state index contributed by atoms with van der Waals surface area (Å²) in [5, 5.41) is 98.1. The number of Topliss-reactive ketones (excluding diaryl/α,β-unsaturated/α-hetero) is 2. The molecule has 4 unspecified atom stereocenters. The van der Waals surface area contributed by atoms with E-state index >= 15 is 0 Å². The van der Waals surface area contributed by atoms with Crippen LogP contribution in [-0.4, -0.2) is 150 Å². The maximum atomic E-state index is 13.1. The lowest BCUT2D eigenvalue weighted by molar-refractivity contribution is -0.130. The Bertz CT molecular complexity index is 1360. The van der Waals surface area contributed by atoms with Crippen LogP contribution in [0.25, 0.3) is 5.57 Å². The summed E-state index contributed by atoms with van der Waals surface area (Å²) in [6, 6.07) is 3.68. The van der Waals surface area contributed by atoms with Crippen LogP contribution in [0.4, 0.5) is 5.69 Å². The number of benzene rings is 1. The van der Waals surface area contributed by atoms with Crippen LogP contribution in [0.1, 0.15) is 5.56 Å². The first-order valence-corrected chi connectivity index (χ1v) is 13.6. The van der Waals surface area contributed by atoms with Crippen molar-refractivity contribution >= 4 is 28.6 Å². The van der Waals surface area contributed by atoms with Gasteiger partial charge in [0.15, 0.2) is 5.78 Å². The predicted molar refractivity (Wildman–Crippen MR) is 153 cm³/mol. The van der Waals surface area contributed by atoms with Gasteiger partial charge in [-0.15, -0.1) is 0 Å². The van der Waals surface area contributed by atoms with Gasteiger partial charge in [0.1, 0.15) is 11.5 Å². The zero-order valence-electron chi connectivity index (χ0n) is 23.5. The van der Waals surface area contributed by atoms with Gasteiger partial charge >= 0.3 is 0 Å². The summed E-state index contributed by atoms with van der Waals surface area (Å²) in [6.45, 7) is -3.30. The number of hydrogen-bond acceptors (Lipinski definition) is 15. The number of anilines is 1. The Labute approximate surface area is 251 Å². The minimum absolute atomic E-state index is 0.148. The van der Waals surface area contributed by atoms with E-state index in [2.05, 4.69) is 0 Å². The molecule has 3 rings (SSSR count). The molecular formula is C29H36N2O13. The van der Waals surface area contributed by atoms with Gasteiger partial charge < -0.3 is 60.9 Å². The lowest BCUT2D eigenvalue weighted by atomic mass is 9.96. The largest absolute Gasteiger partial charge is 0.507 e. The molecule has 0 aliphatic heterocycles. The van der Waals surface area contributed by atoms with E-state index < -0.39 is 90.8 Å². The fourth-order valence-corrected chi connectivity index (χ4v) is 4.73. The molecule has 44 heavy (non-hydrogen) atoms. The Hall–Kier alpha value is -3.93. The molecule has 15 nitrogen and oxygen atoms in total. The third kappa shape index (κ3) is 7.77. The Morgan fingerprint density at radius 3 is 1.57 bits per heavy atom. The molecule has 0 amide bonds. The highest BCUT2D eigenvalue weighted by Gasteiger charge is 2.41. The number of aromatic hydroxyl groups is 1. The number of rotatable bonds is 15. The number of phenols is 1. The average Bonchev–Trinajstić information content (AvgIpc) is 3.22. The van der Waals surface area contributed by atoms with Crippen LogP contribution in [-0.2, 0) is 14.4 Å². The van der Waals surface area contributed by atoms with Gasteiger partial charge in [-0.1, -0.05) is 0 Å². The van der Waals surface area contributed by atoms with Gasteiger partial charge in [-0.05, 0) is 24.3 Å². The van der Waals surface area contributed by atoms with Crippen LogP contribution in [0.5, 0.6) is 5.75 Å². The molecule has 15 heteroatoms. The van der Waals surface area contributed by atoms with Crippen LogP contribution in [0.15, 0.2) is 59.0 Å². The topological polar surface area (TPSA) is 260 Å². The lowest BCUT2D eigenvalue weighted by Gasteiger charge is -2.30. The van der Waals surface area contributed by atoms with Crippen molar-refractivity contribution < 1.29 is 65.4 Å². The Morgan fingerprint density at radius 2 is 1.11 bits per heavy atom. The number of hydrogen-bond donors (Lipinski definition) is 10. The quantitative estimate of drug-likeness (QED) is 0.0679. The molecule has 0 heterocycles. The molecule has 4 atom stereocenters. The van der Waals surface area contributed by atoms with Gasteiger partial charge in [-0.2, -0.15) is 0 Å². The highest BCUT2D eigenvalue weighted by atomic mass is 16.3. The van der Waals surface area contributed by atoms with E-state index in [0.29, 0.717) is 0 Å². The summed E-state index contributed by atoms with van der Waals surface area (Å²) < 4.78 is 0. The molecule has 10 N–H and O–H groups in total. The van der Waals surface area contributed by atoms with Gasteiger partial charge in [0, 0.05) is 60.8 Å². The predicted octanol–water partition coefficient (Wildman–Crippen LogP) is -3.35. The molecule has 0 saturated carbocycles. The Kier molecular flexibility index (Phi) is 11.9. The molecule has 1 aromatic rings. The van der Waals surface area contributed by atoms with Gasteiger partial charge in [0.2, 0.25) is 11.6 Å². The highest BCUT2D eigenvalue weighted by Crippen LogP contribution is 2.39. The van der Waals surface area contributed by atoms with Crippen LogP contribution in [0, 0.1) is 0 Å². The van der Waals surface area contributed by atoms with Crippen molar-refractivity contribution in [3.8, 4) is 5.75 Å². The zero-order chi connectivity index (χ0) is 32.7. The summed E-state index contributed by atoms with van der Waals surface area (Å²) in [5.41, 5.74) is -1.43. The van der Waals surface area contributed by atoms with Crippen molar-refractivity contribution in [3.05, 3.63) is 64.6 Å². The number of carbonyl (C=O) groups excluding carboxylic acids is 3. The van der Waals surface area contributed by atoms with Crippen LogP contribution >= 0.6 is 0 Å². The molecule has 0 spiro atoms. The van der Waals surface area contributed by atoms with E-state index in [1.165, 1.54) is 28.0 Å². The van der Waals surface area contributed by atoms with Crippen molar-refractivity contribution in [1.29, 1.82) is 0 Å². The van der Waals surface area contributed by atoms with Crippen molar-refractivity contribution in [3.63, 3.8) is 0 Å². The van der Waals surface area contributed by atoms with E-state index in [4.69, 9.17) is 0 Å². The molecule has 0 saturated heterocycles. The van der Waals surface area contributed by atoms with Crippen molar-refractivity contribution in [2.75, 3.05) is 57.5 Å². The van der Waals surface area contributed by atoms with E-state index in [1.54, 1.807) is 0 Å². The number of aliphatic hydroxyl groups is 9. The number of carbonyl (C=O) groups is 3. The number of phenolic OH excluding ortho intramolecular Hbond substituents is 1. The average molecular weight is 621 g/mol. The molecule has 0 fully saturated rings. The smallest absolute Gasteiger partial charge is 0.238 e. The summed E-state index contributed by atoms with van der Waals surface area (Å²) >= 11 is 0. The first-order valence-electron chi connectivity index (χ1n) is 13.6. The van der Waals surface area contributed by atoms with Crippen LogP contribution < -0.4 is 4.90 Å². The van der Waals surface area contributed by atoms with Gasteiger partial charge in [0.25, 0.3) is 0 Å². The summed E-state index contributed by atoms with van der Waals surface area (Å²) in [6.07, 6.45) is -1.47. The third-order valence-corrected chi connectivity index (χ3v) is 6.92. The number of ketones is 3. The number of nitrogens with zero attached hydrogens (tertiary/aromatic N) is 2. The van der Waals surface area contributed by atoms with Crippen molar-refractivity contribution in [2.24, 2.45) is 0 Å². The van der Waals surface area contributed by atoms with Gasteiger partial charge in [-0.3, -0.25) is 14.4 Å². The summed E-state index contributed by atoms with van der Waals surface area (Å²) in [7, 11) is 0. The maximum Gasteiger partial charge on any atom is 0.238 e. The minimum Gasteiger partial charge on any atom is -0.507 e. The first kappa shape index (κ1) is 34.6. The SMILES string of the molecule is O=C1C(=O)/C(=C2/C=CC(N(CC(O)CO)CC(O)CO)=CC2=O)C(O)=C1c1ccc(N(CC(O)CO)CC(O)CO)cc1O. The van der Waals surface area contributed by atoms with Crippen LogP contribution in [0.3, 0.4) is 0 Å². The van der Waals surface area contributed by atoms with E-state index in [9.17, 15) is 65.4 Å². The molecule has 2 aliphatic rings. The van der Waals surface area contributed by atoms with Crippen molar-refractivity contribution in [2.45, 2.75) is 24.4 Å². The normalized spacial score (nSPS) is 19.7. The lowest BCUT2D eigenvalue weighted by Crippen LogP contribution is -2.40. The van der Waals surface area contributed by atoms with Gasteiger partial charge in [0.05, 0.1) is 62.0 Å². The summed E-state index contributed by atoms with van der Waals surface area (Å²) in [4.78, 5) is 41.7. The minimum atomic E-state index is -1.25. The monoisotopic (exact) mass is 620 g/mol. The highest BCUT2D eigenvalue weighted by molar-refractivity contribution is 6.63. The second-order valence-electron chi connectivity index (χ2n) is 10.3. The molecular weight excluding hydrogens is 584 g/mol. The fourth-order valence-electron chi connectivity index (χ4n) is 4.73. The molecule has 1 aromatic carbocycles. The Morgan fingerprint density at radius 1 is 0.636 bits per heavy atom. The Balaban J connectivity index is 1.99. The molecule has 2 aliphatic carbocycles. The molecule has 0 aromatic heterocycles. The number of aliphatic hydroxyl groups excluding tert-OH is 9. The second-order valence-corrected chi connectivity index (χ2v) is 10.3. The first-order chi connectivity index (χ1) is 20.9. The third-order valence-electron chi connectivity index (χ3n) is 6.92. The van der Waals surface area contributed by atoms with Crippen LogP contribution in [0.2, 0.25) is 0 Å². The van der Waals surface area contributed by atoms with E-state index in [1.807, 2.05) is 0 Å². The van der Waals surface area contributed by atoms with E-state index in [-0.39, 0.29) is 48.7 Å². The standard InChI is InChI=1S/C29H36N2O13/c32-11-17(36)7-30(8-18(37)12-33)15-1-3-21(23(40)5-15)25-27(42)26(29(44)28(25)43)22-4-2-16(6-24(22)41)31(9-19(38)13-34)10-20(39)14-35/h1-6,17-20,32-40,42H,7-14H2/b26-22-. The maximum absolute atomic E-state index is 13.1. The second kappa shape index (κ2) is 15.2. The summed E-state index contributed by atoms with van der Waals surface area (Å²) in [5.74, 6) is -4.67. The zero-order valence-corrected chi connectivity index (χ0v) is 23.5. The van der Waals surface area contributed by atoms with Crippen molar-refractivity contribution in [1.82, 2.24) is 4.90 Å². The fraction of sp³-hybridized carbons (Fsp3) is 0.414. The molecule has 0 bridgehead atoms.